The summed E-state index contributed by atoms with van der Waals surface area (Å²) < 4.78 is 0. The molecule has 2 aromatic carbocycles. The van der Waals surface area contributed by atoms with Gasteiger partial charge in [-0.25, -0.2) is 4.98 Å². The molecule has 2 N–H and O–H groups in total. The van der Waals surface area contributed by atoms with Crippen molar-refractivity contribution in [3.8, 4) is 11.4 Å². The molecule has 0 aliphatic rings. The smallest absolute Gasteiger partial charge is 0.234 e. The number of benzene rings is 2. The lowest BCUT2D eigenvalue weighted by Crippen LogP contribution is -2.14. The fourth-order valence-corrected chi connectivity index (χ4v) is 3.19. The van der Waals surface area contributed by atoms with Gasteiger partial charge in [0.25, 0.3) is 0 Å². The summed E-state index contributed by atoms with van der Waals surface area (Å²) >= 11 is 1.28. The Morgan fingerprint density at radius 3 is 2.85 bits per heavy atom. The van der Waals surface area contributed by atoms with Crippen molar-refractivity contribution in [3.05, 3.63) is 67.0 Å². The van der Waals surface area contributed by atoms with Gasteiger partial charge in [0.15, 0.2) is 5.82 Å². The number of hydrogen-bond acceptors (Lipinski definition) is 5. The molecule has 1 amide bonds. The van der Waals surface area contributed by atoms with E-state index in [4.69, 9.17) is 0 Å². The van der Waals surface area contributed by atoms with Crippen LogP contribution in [0.25, 0.3) is 22.2 Å². The van der Waals surface area contributed by atoms with Gasteiger partial charge >= 0.3 is 0 Å². The summed E-state index contributed by atoms with van der Waals surface area (Å²) in [5.41, 5.74) is 1.66. The van der Waals surface area contributed by atoms with E-state index < -0.39 is 0 Å². The first kappa shape index (κ1) is 16.3. The van der Waals surface area contributed by atoms with Crippen molar-refractivity contribution in [1.82, 2.24) is 20.2 Å². The van der Waals surface area contributed by atoms with Gasteiger partial charge < -0.3 is 5.32 Å². The summed E-state index contributed by atoms with van der Waals surface area (Å²) in [6.07, 6.45) is 3.41. The van der Waals surface area contributed by atoms with Crippen molar-refractivity contribution in [1.29, 1.82) is 0 Å². The molecule has 0 atom stereocenters. The number of fused-ring (bicyclic) bond motifs is 1. The summed E-state index contributed by atoms with van der Waals surface area (Å²) in [5.74, 6) is 0.766. The summed E-state index contributed by atoms with van der Waals surface area (Å²) in [6.45, 7) is 0. The monoisotopic (exact) mass is 361 g/mol. The van der Waals surface area contributed by atoms with E-state index in [1.807, 2.05) is 54.6 Å². The number of carbonyl (C=O) groups is 1. The van der Waals surface area contributed by atoms with E-state index in [-0.39, 0.29) is 11.7 Å². The number of pyridine rings is 1. The van der Waals surface area contributed by atoms with Crippen LogP contribution in [-0.2, 0) is 4.79 Å². The molecule has 0 radical (unpaired) electrons. The summed E-state index contributed by atoms with van der Waals surface area (Å²) in [7, 11) is 0. The molecule has 128 valence electrons. The van der Waals surface area contributed by atoms with Crippen LogP contribution in [0.4, 0.5) is 5.69 Å². The lowest BCUT2D eigenvalue weighted by atomic mass is 10.1. The number of aromatic nitrogens is 4. The van der Waals surface area contributed by atoms with E-state index in [0.717, 1.165) is 22.0 Å². The van der Waals surface area contributed by atoms with Crippen molar-refractivity contribution >= 4 is 34.1 Å². The Hall–Kier alpha value is -3.19. The third-order valence-corrected chi connectivity index (χ3v) is 4.64. The van der Waals surface area contributed by atoms with Gasteiger partial charge in [-0.15, -0.1) is 5.10 Å². The number of hydrogen-bond donors (Lipinski definition) is 2. The average Bonchev–Trinajstić information content (AvgIpc) is 3.17. The molecule has 2 aromatic heterocycles. The molecule has 0 aliphatic heterocycles. The molecule has 4 aromatic rings. The zero-order valence-corrected chi connectivity index (χ0v) is 14.5. The number of anilines is 1. The second-order valence-electron chi connectivity index (χ2n) is 5.57. The zero-order valence-electron chi connectivity index (χ0n) is 13.7. The maximum Gasteiger partial charge on any atom is 0.234 e. The number of nitrogens with one attached hydrogen (secondary N) is 2. The Balaban J connectivity index is 1.41. The number of rotatable bonds is 5. The zero-order chi connectivity index (χ0) is 17.8. The Labute approximate surface area is 154 Å². The SMILES string of the molecule is O=C(CSc1n[nH]c(-c2cccnc2)n1)Nc1cccc2ccccc12. The molecule has 0 bridgehead atoms. The first-order valence-corrected chi connectivity index (χ1v) is 9.01. The largest absolute Gasteiger partial charge is 0.325 e. The predicted molar refractivity (Wildman–Crippen MR) is 103 cm³/mol. The van der Waals surface area contributed by atoms with Crippen LogP contribution in [0.3, 0.4) is 0 Å². The maximum atomic E-state index is 12.3. The number of thioether (sulfide) groups is 1. The van der Waals surface area contributed by atoms with E-state index in [0.29, 0.717) is 11.0 Å². The molecule has 0 fully saturated rings. The molecule has 0 saturated heterocycles. The Morgan fingerprint density at radius 2 is 1.96 bits per heavy atom. The molecule has 0 saturated carbocycles. The van der Waals surface area contributed by atoms with Crippen LogP contribution in [0, 0.1) is 0 Å². The Morgan fingerprint density at radius 1 is 1.08 bits per heavy atom. The van der Waals surface area contributed by atoms with E-state index in [1.165, 1.54) is 11.8 Å². The van der Waals surface area contributed by atoms with Crippen molar-refractivity contribution in [2.24, 2.45) is 0 Å². The maximum absolute atomic E-state index is 12.3. The molecule has 7 heteroatoms. The van der Waals surface area contributed by atoms with Gasteiger partial charge in [0.1, 0.15) is 0 Å². The molecule has 6 nitrogen and oxygen atoms in total. The van der Waals surface area contributed by atoms with Crippen LogP contribution in [0.15, 0.2) is 72.1 Å². The average molecular weight is 361 g/mol. The number of aromatic amines is 1. The van der Waals surface area contributed by atoms with Gasteiger partial charge in [0.05, 0.1) is 5.75 Å². The molecule has 2 heterocycles. The van der Waals surface area contributed by atoms with E-state index in [9.17, 15) is 4.79 Å². The van der Waals surface area contributed by atoms with Crippen LogP contribution in [0.5, 0.6) is 0 Å². The third-order valence-electron chi connectivity index (χ3n) is 3.80. The minimum absolute atomic E-state index is 0.0981. The first-order chi connectivity index (χ1) is 12.8. The fraction of sp³-hybridized carbons (Fsp3) is 0.0526. The number of amides is 1. The van der Waals surface area contributed by atoms with E-state index in [2.05, 4.69) is 25.5 Å². The Kier molecular flexibility index (Phi) is 4.61. The lowest BCUT2D eigenvalue weighted by molar-refractivity contribution is -0.113. The minimum atomic E-state index is -0.0981. The highest BCUT2D eigenvalue weighted by atomic mass is 32.2. The molecule has 0 unspecified atom stereocenters. The van der Waals surface area contributed by atoms with Crippen molar-refractivity contribution in [2.45, 2.75) is 5.16 Å². The summed E-state index contributed by atoms with van der Waals surface area (Å²) in [6, 6.07) is 17.5. The molecule has 0 spiro atoms. The highest BCUT2D eigenvalue weighted by molar-refractivity contribution is 7.99. The normalized spacial score (nSPS) is 10.8. The quantitative estimate of drug-likeness (QED) is 0.529. The van der Waals surface area contributed by atoms with Gasteiger partial charge in [-0.05, 0) is 23.6 Å². The lowest BCUT2D eigenvalue weighted by Gasteiger charge is -2.08. The highest BCUT2D eigenvalue weighted by Crippen LogP contribution is 2.24. The molecular formula is C19H15N5OS. The Bertz CT molecular complexity index is 1040. The number of H-pyrrole nitrogens is 1. The molecule has 0 aliphatic carbocycles. The van der Waals surface area contributed by atoms with Crippen molar-refractivity contribution < 1.29 is 4.79 Å². The second kappa shape index (κ2) is 7.37. The van der Waals surface area contributed by atoms with Crippen LogP contribution >= 0.6 is 11.8 Å². The van der Waals surface area contributed by atoms with E-state index >= 15 is 0 Å². The predicted octanol–water partition coefficient (Wildman–Crippen LogP) is 3.75. The fourth-order valence-electron chi connectivity index (χ4n) is 2.59. The van der Waals surface area contributed by atoms with Gasteiger partial charge in [-0.1, -0.05) is 48.2 Å². The summed E-state index contributed by atoms with van der Waals surface area (Å²) in [4.78, 5) is 20.7. The number of nitrogens with zero attached hydrogens (tertiary/aromatic N) is 3. The minimum Gasteiger partial charge on any atom is -0.325 e. The third kappa shape index (κ3) is 3.57. The van der Waals surface area contributed by atoms with Gasteiger partial charge in [-0.3, -0.25) is 14.9 Å². The summed E-state index contributed by atoms with van der Waals surface area (Å²) in [5, 5.41) is 12.6. The standard InChI is InChI=1S/C19H15N5OS/c25-17(21-16-9-3-6-13-5-1-2-8-15(13)16)12-26-19-22-18(23-24-19)14-7-4-10-20-11-14/h1-11H,12H2,(H,21,25)(H,22,23,24). The topological polar surface area (TPSA) is 83.6 Å². The van der Waals surface area contributed by atoms with Crippen LogP contribution in [-0.4, -0.2) is 31.8 Å². The van der Waals surface area contributed by atoms with Gasteiger partial charge in [-0.2, -0.15) is 0 Å². The first-order valence-electron chi connectivity index (χ1n) is 8.03. The number of carbonyl (C=O) groups excluding carboxylic acids is 1. The van der Waals surface area contributed by atoms with Crippen molar-refractivity contribution in [3.63, 3.8) is 0 Å². The van der Waals surface area contributed by atoms with Crippen molar-refractivity contribution in [2.75, 3.05) is 11.1 Å². The van der Waals surface area contributed by atoms with E-state index in [1.54, 1.807) is 12.4 Å². The van der Waals surface area contributed by atoms with Crippen LogP contribution < -0.4 is 5.32 Å². The second-order valence-corrected chi connectivity index (χ2v) is 6.51. The molecular weight excluding hydrogens is 346 g/mol. The van der Waals surface area contributed by atoms with Crippen LogP contribution in [0.1, 0.15) is 0 Å². The molecule has 26 heavy (non-hydrogen) atoms. The molecule has 4 rings (SSSR count). The van der Waals surface area contributed by atoms with Crippen LogP contribution in [0.2, 0.25) is 0 Å². The van der Waals surface area contributed by atoms with Gasteiger partial charge in [0, 0.05) is 29.0 Å². The highest BCUT2D eigenvalue weighted by Gasteiger charge is 2.10. The van der Waals surface area contributed by atoms with Gasteiger partial charge in [0.2, 0.25) is 11.1 Å².